The van der Waals surface area contributed by atoms with Gasteiger partial charge in [-0.1, -0.05) is 13.8 Å². The Bertz CT molecular complexity index is 746. The Balaban J connectivity index is 1.61. The minimum Gasteiger partial charge on any atom is -0.353 e. The lowest BCUT2D eigenvalue weighted by Gasteiger charge is -2.35. The molecule has 0 radical (unpaired) electrons. The van der Waals surface area contributed by atoms with Crippen LogP contribution >= 0.6 is 0 Å². The first-order chi connectivity index (χ1) is 11.9. The number of piperazine rings is 1. The van der Waals surface area contributed by atoms with Crippen LogP contribution in [-0.2, 0) is 11.3 Å². The molecule has 1 aliphatic heterocycles. The van der Waals surface area contributed by atoms with E-state index in [1.165, 1.54) is 0 Å². The molecule has 0 aliphatic carbocycles. The van der Waals surface area contributed by atoms with Crippen LogP contribution in [0, 0.1) is 13.8 Å². The van der Waals surface area contributed by atoms with Gasteiger partial charge in [-0.15, -0.1) is 0 Å². The molecule has 3 rings (SSSR count). The number of hydrogen-bond acceptors (Lipinski definition) is 5. The van der Waals surface area contributed by atoms with Gasteiger partial charge in [-0.3, -0.25) is 9.48 Å². The molecular formula is C18H26N6O. The molecule has 0 atom stereocenters. The van der Waals surface area contributed by atoms with Crippen molar-refractivity contribution in [2.24, 2.45) is 0 Å². The summed E-state index contributed by atoms with van der Waals surface area (Å²) in [5, 5.41) is 4.19. The molecule has 0 aromatic carbocycles. The number of nitrogens with zero attached hydrogens (tertiary/aromatic N) is 6. The van der Waals surface area contributed by atoms with Crippen LogP contribution in [0.25, 0.3) is 0 Å². The van der Waals surface area contributed by atoms with Gasteiger partial charge in [0.1, 0.15) is 18.2 Å². The summed E-state index contributed by atoms with van der Waals surface area (Å²) in [5.41, 5.74) is 2.05. The molecular weight excluding hydrogens is 316 g/mol. The van der Waals surface area contributed by atoms with Crippen molar-refractivity contribution in [2.45, 2.75) is 40.2 Å². The van der Waals surface area contributed by atoms with Gasteiger partial charge in [0, 0.05) is 50.1 Å². The van der Waals surface area contributed by atoms with Crippen LogP contribution in [0.5, 0.6) is 0 Å². The van der Waals surface area contributed by atoms with E-state index < -0.39 is 0 Å². The van der Waals surface area contributed by atoms with Gasteiger partial charge in [-0.05, 0) is 19.4 Å². The number of amides is 1. The number of carbonyl (C=O) groups is 1. The maximum atomic E-state index is 12.4. The van der Waals surface area contributed by atoms with Gasteiger partial charge in [0.15, 0.2) is 0 Å². The van der Waals surface area contributed by atoms with Crippen molar-refractivity contribution in [1.82, 2.24) is 24.6 Å². The topological polar surface area (TPSA) is 67.2 Å². The van der Waals surface area contributed by atoms with Crippen molar-refractivity contribution in [3.8, 4) is 0 Å². The van der Waals surface area contributed by atoms with Crippen LogP contribution in [0.2, 0.25) is 0 Å². The summed E-state index contributed by atoms with van der Waals surface area (Å²) in [6.07, 6.45) is 3.67. The molecule has 134 valence electrons. The number of carbonyl (C=O) groups excluding carboxylic acids is 1. The van der Waals surface area contributed by atoms with E-state index in [4.69, 9.17) is 4.98 Å². The third-order valence-corrected chi connectivity index (χ3v) is 4.39. The molecule has 1 aliphatic rings. The van der Waals surface area contributed by atoms with E-state index in [2.05, 4.69) is 28.8 Å². The van der Waals surface area contributed by atoms with Gasteiger partial charge in [0.05, 0.1) is 6.20 Å². The van der Waals surface area contributed by atoms with Crippen LogP contribution in [0.15, 0.2) is 18.5 Å². The summed E-state index contributed by atoms with van der Waals surface area (Å²) in [5.74, 6) is 2.26. The van der Waals surface area contributed by atoms with E-state index in [0.717, 1.165) is 36.0 Å². The first kappa shape index (κ1) is 17.4. The average molecular weight is 342 g/mol. The Labute approximate surface area is 148 Å². The highest BCUT2D eigenvalue weighted by molar-refractivity contribution is 5.76. The highest BCUT2D eigenvalue weighted by Gasteiger charge is 2.23. The summed E-state index contributed by atoms with van der Waals surface area (Å²) in [4.78, 5) is 25.8. The molecule has 1 saturated heterocycles. The molecule has 0 bridgehead atoms. The van der Waals surface area contributed by atoms with E-state index >= 15 is 0 Å². The van der Waals surface area contributed by atoms with Crippen LogP contribution in [0.4, 0.5) is 5.82 Å². The third kappa shape index (κ3) is 4.15. The summed E-state index contributed by atoms with van der Waals surface area (Å²) in [6.45, 7) is 11.5. The molecule has 25 heavy (non-hydrogen) atoms. The van der Waals surface area contributed by atoms with E-state index in [-0.39, 0.29) is 5.91 Å². The fraction of sp³-hybridized carbons (Fsp3) is 0.556. The summed E-state index contributed by atoms with van der Waals surface area (Å²) >= 11 is 0. The smallest absolute Gasteiger partial charge is 0.244 e. The van der Waals surface area contributed by atoms with Crippen molar-refractivity contribution >= 4 is 11.7 Å². The van der Waals surface area contributed by atoms with E-state index in [9.17, 15) is 4.79 Å². The zero-order valence-electron chi connectivity index (χ0n) is 15.4. The molecule has 7 heteroatoms. The predicted octanol–water partition coefficient (Wildman–Crippen LogP) is 1.76. The van der Waals surface area contributed by atoms with Crippen LogP contribution < -0.4 is 4.90 Å². The average Bonchev–Trinajstić information content (AvgIpc) is 2.99. The molecule has 2 aromatic heterocycles. The van der Waals surface area contributed by atoms with Gasteiger partial charge in [0.2, 0.25) is 5.91 Å². The summed E-state index contributed by atoms with van der Waals surface area (Å²) in [7, 11) is 0. The highest BCUT2D eigenvalue weighted by atomic mass is 16.2. The molecule has 1 fully saturated rings. The van der Waals surface area contributed by atoms with E-state index in [1.807, 2.05) is 31.0 Å². The standard InChI is InChI=1S/C18H26N6O/c1-13(2)18-20-15(4)9-16(21-18)22-5-7-23(8-6-22)17(25)12-24-11-14(3)10-19-24/h9-11,13H,5-8,12H2,1-4H3. The van der Waals surface area contributed by atoms with E-state index in [1.54, 1.807) is 10.9 Å². The highest BCUT2D eigenvalue weighted by Crippen LogP contribution is 2.18. The van der Waals surface area contributed by atoms with Crippen LogP contribution in [-0.4, -0.2) is 56.7 Å². The molecule has 0 N–H and O–H groups in total. The van der Waals surface area contributed by atoms with Crippen LogP contribution in [0.1, 0.15) is 36.8 Å². The molecule has 7 nitrogen and oxygen atoms in total. The quantitative estimate of drug-likeness (QED) is 0.847. The first-order valence-corrected chi connectivity index (χ1v) is 8.79. The zero-order valence-corrected chi connectivity index (χ0v) is 15.4. The van der Waals surface area contributed by atoms with Crippen LogP contribution in [0.3, 0.4) is 0 Å². The van der Waals surface area contributed by atoms with Gasteiger partial charge in [0.25, 0.3) is 0 Å². The fourth-order valence-electron chi connectivity index (χ4n) is 2.97. The number of hydrogen-bond donors (Lipinski definition) is 0. The number of anilines is 1. The Morgan fingerprint density at radius 3 is 2.48 bits per heavy atom. The molecule has 0 spiro atoms. The normalized spacial score (nSPS) is 15.1. The zero-order chi connectivity index (χ0) is 18.0. The van der Waals surface area contributed by atoms with Crippen molar-refractivity contribution < 1.29 is 4.79 Å². The number of aryl methyl sites for hydroxylation is 2. The SMILES string of the molecule is Cc1cnn(CC(=O)N2CCN(c3cc(C)nc(C(C)C)n3)CC2)c1. The van der Waals surface area contributed by atoms with Crippen molar-refractivity contribution in [2.75, 3.05) is 31.1 Å². The Kier molecular flexibility index (Phi) is 5.01. The maximum absolute atomic E-state index is 12.4. The molecule has 1 amide bonds. The Morgan fingerprint density at radius 2 is 1.88 bits per heavy atom. The van der Waals surface area contributed by atoms with Gasteiger partial charge >= 0.3 is 0 Å². The lowest BCUT2D eigenvalue weighted by molar-refractivity contribution is -0.132. The lowest BCUT2D eigenvalue weighted by Crippen LogP contribution is -2.50. The van der Waals surface area contributed by atoms with Crippen molar-refractivity contribution in [3.05, 3.63) is 35.5 Å². The second kappa shape index (κ2) is 7.21. The van der Waals surface area contributed by atoms with Gasteiger partial charge in [-0.2, -0.15) is 5.10 Å². The third-order valence-electron chi connectivity index (χ3n) is 4.39. The molecule has 0 unspecified atom stereocenters. The minimum absolute atomic E-state index is 0.115. The second-order valence-corrected chi connectivity index (χ2v) is 6.96. The fourth-order valence-corrected chi connectivity index (χ4v) is 2.97. The number of rotatable bonds is 4. The first-order valence-electron chi connectivity index (χ1n) is 8.79. The lowest BCUT2D eigenvalue weighted by atomic mass is 10.2. The molecule has 0 saturated carbocycles. The maximum Gasteiger partial charge on any atom is 0.244 e. The Hall–Kier alpha value is -2.44. The molecule has 3 heterocycles. The van der Waals surface area contributed by atoms with Crippen molar-refractivity contribution in [3.63, 3.8) is 0 Å². The second-order valence-electron chi connectivity index (χ2n) is 6.96. The monoisotopic (exact) mass is 342 g/mol. The van der Waals surface area contributed by atoms with Crippen molar-refractivity contribution in [1.29, 1.82) is 0 Å². The van der Waals surface area contributed by atoms with Gasteiger partial charge < -0.3 is 9.80 Å². The Morgan fingerprint density at radius 1 is 1.16 bits per heavy atom. The summed E-state index contributed by atoms with van der Waals surface area (Å²) in [6, 6.07) is 2.02. The predicted molar refractivity (Wildman–Crippen MR) is 96.6 cm³/mol. The summed E-state index contributed by atoms with van der Waals surface area (Å²) < 4.78 is 1.70. The van der Waals surface area contributed by atoms with E-state index in [0.29, 0.717) is 25.6 Å². The molecule has 2 aromatic rings. The number of aromatic nitrogens is 4. The minimum atomic E-state index is 0.115. The largest absolute Gasteiger partial charge is 0.353 e. The van der Waals surface area contributed by atoms with Gasteiger partial charge in [-0.25, -0.2) is 9.97 Å².